The van der Waals surface area contributed by atoms with Crippen LogP contribution < -0.4 is 11.1 Å². The van der Waals surface area contributed by atoms with Crippen LogP contribution in [0.1, 0.15) is 25.3 Å². The monoisotopic (exact) mass is 250 g/mol. The number of primary amides is 1. The lowest BCUT2D eigenvalue weighted by Gasteiger charge is -2.28. The summed E-state index contributed by atoms with van der Waals surface area (Å²) in [5.41, 5.74) is 5.84. The maximum Gasteiger partial charge on any atom is 0.242 e. The normalized spacial score (nSPS) is 13.7. The van der Waals surface area contributed by atoms with E-state index in [2.05, 4.69) is 11.9 Å². The van der Waals surface area contributed by atoms with Gasteiger partial charge in [0.05, 0.1) is 0 Å². The van der Waals surface area contributed by atoms with E-state index in [-0.39, 0.29) is 5.82 Å². The van der Waals surface area contributed by atoms with Gasteiger partial charge in [-0.3, -0.25) is 4.79 Å². The molecule has 0 saturated carbocycles. The highest BCUT2D eigenvalue weighted by Gasteiger charge is 2.30. The lowest BCUT2D eigenvalue weighted by atomic mass is 9.94. The van der Waals surface area contributed by atoms with Gasteiger partial charge in [-0.25, -0.2) is 4.39 Å². The van der Waals surface area contributed by atoms with E-state index in [1.807, 2.05) is 0 Å². The van der Waals surface area contributed by atoms with Crippen molar-refractivity contribution in [3.8, 4) is 0 Å². The van der Waals surface area contributed by atoms with Crippen molar-refractivity contribution in [3.05, 3.63) is 42.2 Å². The van der Waals surface area contributed by atoms with E-state index in [1.165, 1.54) is 12.1 Å². The topological polar surface area (TPSA) is 55.1 Å². The Labute approximate surface area is 107 Å². The molecule has 1 rings (SSSR count). The highest BCUT2D eigenvalue weighted by atomic mass is 19.1. The Morgan fingerprint density at radius 2 is 2.22 bits per heavy atom. The number of allylic oxidation sites excluding steroid dienone is 1. The molecule has 0 aromatic heterocycles. The van der Waals surface area contributed by atoms with Crippen molar-refractivity contribution in [3.63, 3.8) is 0 Å². The number of rotatable bonds is 6. The lowest BCUT2D eigenvalue weighted by molar-refractivity contribution is -0.122. The summed E-state index contributed by atoms with van der Waals surface area (Å²) in [7, 11) is 0. The minimum atomic E-state index is -0.908. The van der Waals surface area contributed by atoms with Crippen LogP contribution >= 0.6 is 0 Å². The summed E-state index contributed by atoms with van der Waals surface area (Å²) < 4.78 is 13.3. The molecule has 0 aliphatic carbocycles. The molecule has 0 saturated heterocycles. The minimum absolute atomic E-state index is 0.340. The van der Waals surface area contributed by atoms with Gasteiger partial charge >= 0.3 is 0 Å². The first-order valence-corrected chi connectivity index (χ1v) is 5.83. The number of hydrogen-bond donors (Lipinski definition) is 2. The molecule has 18 heavy (non-hydrogen) atoms. The summed E-state index contributed by atoms with van der Waals surface area (Å²) in [6.07, 6.45) is 2.89. The highest BCUT2D eigenvalue weighted by molar-refractivity contribution is 5.87. The van der Waals surface area contributed by atoms with Gasteiger partial charge in [0, 0.05) is 5.69 Å². The van der Waals surface area contributed by atoms with E-state index < -0.39 is 11.4 Å². The van der Waals surface area contributed by atoms with Gasteiger partial charge in [0.2, 0.25) is 5.91 Å². The molecule has 0 bridgehead atoms. The van der Waals surface area contributed by atoms with Crippen LogP contribution in [0, 0.1) is 12.7 Å². The molecule has 0 aliphatic rings. The van der Waals surface area contributed by atoms with Crippen molar-refractivity contribution in [2.75, 3.05) is 5.32 Å². The number of anilines is 1. The average Bonchev–Trinajstić information content (AvgIpc) is 2.24. The number of nitrogens with one attached hydrogen (secondary N) is 1. The Hall–Kier alpha value is -1.84. The third-order valence-electron chi connectivity index (χ3n) is 2.85. The number of amides is 1. The fraction of sp³-hybridized carbons (Fsp3) is 0.357. The van der Waals surface area contributed by atoms with Crippen molar-refractivity contribution >= 4 is 11.6 Å². The van der Waals surface area contributed by atoms with E-state index in [1.54, 1.807) is 26.0 Å². The number of nitrogens with two attached hydrogens (primary N) is 1. The van der Waals surface area contributed by atoms with Crippen LogP contribution in [0.5, 0.6) is 0 Å². The molecule has 1 atom stereocenters. The Morgan fingerprint density at radius 3 is 2.72 bits per heavy atom. The zero-order valence-corrected chi connectivity index (χ0v) is 10.8. The molecule has 0 spiro atoms. The van der Waals surface area contributed by atoms with Gasteiger partial charge in [-0.05, 0) is 50.5 Å². The molecule has 1 amide bonds. The minimum Gasteiger partial charge on any atom is -0.371 e. The fourth-order valence-corrected chi connectivity index (χ4v) is 1.77. The predicted molar refractivity (Wildman–Crippen MR) is 71.8 cm³/mol. The summed E-state index contributed by atoms with van der Waals surface area (Å²) in [6, 6.07) is 4.55. The number of benzene rings is 1. The molecule has 3 nitrogen and oxygen atoms in total. The Bertz CT molecular complexity index is 439. The van der Waals surface area contributed by atoms with Gasteiger partial charge in [0.15, 0.2) is 0 Å². The number of halogens is 1. The first-order chi connectivity index (χ1) is 8.37. The number of carbonyl (C=O) groups excluding carboxylic acids is 1. The van der Waals surface area contributed by atoms with Gasteiger partial charge in [0.1, 0.15) is 11.4 Å². The van der Waals surface area contributed by atoms with Crippen molar-refractivity contribution in [1.29, 1.82) is 0 Å². The van der Waals surface area contributed by atoms with Crippen LogP contribution in [0.3, 0.4) is 0 Å². The summed E-state index contributed by atoms with van der Waals surface area (Å²) >= 11 is 0. The van der Waals surface area contributed by atoms with Crippen molar-refractivity contribution < 1.29 is 9.18 Å². The maximum absolute atomic E-state index is 13.3. The summed E-state index contributed by atoms with van der Waals surface area (Å²) in [4.78, 5) is 11.5. The molecular weight excluding hydrogens is 231 g/mol. The summed E-state index contributed by atoms with van der Waals surface area (Å²) in [6.45, 7) is 7.12. The van der Waals surface area contributed by atoms with Crippen LogP contribution in [0.25, 0.3) is 0 Å². The molecule has 98 valence electrons. The van der Waals surface area contributed by atoms with Crippen LogP contribution in [0.2, 0.25) is 0 Å². The molecule has 3 N–H and O–H groups in total. The lowest BCUT2D eigenvalue weighted by Crippen LogP contribution is -2.47. The van der Waals surface area contributed by atoms with Gasteiger partial charge in [-0.1, -0.05) is 6.08 Å². The second kappa shape index (κ2) is 5.67. The average molecular weight is 250 g/mol. The molecule has 0 fully saturated rings. The molecule has 1 aromatic carbocycles. The SMILES string of the molecule is C=CCCC(C)(Nc1cc(C)cc(F)c1)C(N)=O. The second-order valence-electron chi connectivity index (χ2n) is 4.67. The standard InChI is InChI=1S/C14H19FN2O/c1-4-5-6-14(3,13(16)18)17-12-8-10(2)7-11(15)9-12/h4,7-9,17H,1,5-6H2,2-3H3,(H2,16,18). The third kappa shape index (κ3) is 3.58. The van der Waals surface area contributed by atoms with Gasteiger partial charge in [-0.15, -0.1) is 6.58 Å². The zero-order valence-electron chi connectivity index (χ0n) is 10.8. The maximum atomic E-state index is 13.3. The predicted octanol–water partition coefficient (Wildman–Crippen LogP) is 2.76. The summed E-state index contributed by atoms with van der Waals surface area (Å²) in [5.74, 6) is -0.806. The molecule has 0 aliphatic heterocycles. The molecule has 1 aromatic rings. The Balaban J connectivity index is 2.95. The fourth-order valence-electron chi connectivity index (χ4n) is 1.77. The van der Waals surface area contributed by atoms with E-state index in [0.717, 1.165) is 5.56 Å². The van der Waals surface area contributed by atoms with Crippen LogP contribution in [0.15, 0.2) is 30.9 Å². The molecule has 1 unspecified atom stereocenters. The number of aryl methyl sites for hydroxylation is 1. The van der Waals surface area contributed by atoms with Crippen molar-refractivity contribution in [2.45, 2.75) is 32.2 Å². The van der Waals surface area contributed by atoms with Crippen LogP contribution in [0.4, 0.5) is 10.1 Å². The quantitative estimate of drug-likeness (QED) is 0.763. The van der Waals surface area contributed by atoms with Gasteiger partial charge < -0.3 is 11.1 Å². The Kier molecular flexibility index (Phi) is 4.48. The van der Waals surface area contributed by atoms with Crippen molar-refractivity contribution in [1.82, 2.24) is 0 Å². The molecule has 0 radical (unpaired) electrons. The summed E-state index contributed by atoms with van der Waals surface area (Å²) in [5, 5.41) is 3.01. The van der Waals surface area contributed by atoms with E-state index in [4.69, 9.17) is 5.73 Å². The van der Waals surface area contributed by atoms with Gasteiger partial charge in [-0.2, -0.15) is 0 Å². The third-order valence-corrected chi connectivity index (χ3v) is 2.85. The molecule has 0 heterocycles. The molecule has 4 heteroatoms. The largest absolute Gasteiger partial charge is 0.371 e. The van der Waals surface area contributed by atoms with E-state index >= 15 is 0 Å². The van der Waals surface area contributed by atoms with Crippen LogP contribution in [-0.2, 0) is 4.79 Å². The number of hydrogen-bond acceptors (Lipinski definition) is 2. The smallest absolute Gasteiger partial charge is 0.242 e. The number of carbonyl (C=O) groups is 1. The van der Waals surface area contributed by atoms with E-state index in [9.17, 15) is 9.18 Å². The zero-order chi connectivity index (χ0) is 13.8. The van der Waals surface area contributed by atoms with Gasteiger partial charge in [0.25, 0.3) is 0 Å². The van der Waals surface area contributed by atoms with Crippen LogP contribution in [-0.4, -0.2) is 11.4 Å². The molecular formula is C14H19FN2O. The van der Waals surface area contributed by atoms with Crippen molar-refractivity contribution in [2.24, 2.45) is 5.73 Å². The van der Waals surface area contributed by atoms with E-state index in [0.29, 0.717) is 18.5 Å². The first kappa shape index (κ1) is 14.2. The Morgan fingerprint density at radius 1 is 1.56 bits per heavy atom. The first-order valence-electron chi connectivity index (χ1n) is 5.83. The second-order valence-corrected chi connectivity index (χ2v) is 4.67. The highest BCUT2D eigenvalue weighted by Crippen LogP contribution is 2.22.